The van der Waals surface area contributed by atoms with Gasteiger partial charge in [-0.1, -0.05) is 12.2 Å². The Balaban J connectivity index is 2.17. The van der Waals surface area contributed by atoms with Crippen molar-refractivity contribution in [3.63, 3.8) is 0 Å². The molecule has 20 heavy (non-hydrogen) atoms. The molecule has 0 fully saturated rings. The molecule has 0 bridgehead atoms. The third-order valence-electron chi connectivity index (χ3n) is 3.18. The van der Waals surface area contributed by atoms with Gasteiger partial charge in [0.1, 0.15) is 5.75 Å². The van der Waals surface area contributed by atoms with E-state index in [1.165, 1.54) is 25.3 Å². The molecule has 0 aliphatic heterocycles. The molecule has 1 aromatic rings. The molecule has 1 unspecified atom stereocenters. The van der Waals surface area contributed by atoms with Crippen LogP contribution in [-0.2, 0) is 4.79 Å². The van der Waals surface area contributed by atoms with Gasteiger partial charge in [-0.25, -0.2) is 0 Å². The van der Waals surface area contributed by atoms with Crippen molar-refractivity contribution in [2.75, 3.05) is 7.11 Å². The lowest BCUT2D eigenvalue weighted by molar-refractivity contribution is -0.385. The van der Waals surface area contributed by atoms with Crippen LogP contribution in [0, 0.1) is 16.0 Å². The van der Waals surface area contributed by atoms with Gasteiger partial charge in [0.2, 0.25) is 5.75 Å². The molecule has 0 aromatic heterocycles. The van der Waals surface area contributed by atoms with Crippen LogP contribution in [0.3, 0.4) is 0 Å². The van der Waals surface area contributed by atoms with E-state index in [-0.39, 0.29) is 17.4 Å². The first-order valence-corrected chi connectivity index (χ1v) is 6.31. The number of esters is 1. The Morgan fingerprint density at radius 3 is 2.80 bits per heavy atom. The van der Waals surface area contributed by atoms with E-state index in [9.17, 15) is 14.9 Å². The molecule has 6 heteroatoms. The zero-order valence-electron chi connectivity index (χ0n) is 11.1. The van der Waals surface area contributed by atoms with E-state index in [0.29, 0.717) is 18.6 Å². The number of allylic oxidation sites excluding steroid dienone is 2. The van der Waals surface area contributed by atoms with E-state index in [4.69, 9.17) is 9.47 Å². The lowest BCUT2D eigenvalue weighted by Crippen LogP contribution is -2.21. The molecule has 0 spiro atoms. The maximum Gasteiger partial charge on any atom is 0.315 e. The fourth-order valence-electron chi connectivity index (χ4n) is 2.05. The summed E-state index contributed by atoms with van der Waals surface area (Å²) in [6.45, 7) is 0. The lowest BCUT2D eigenvalue weighted by atomic mass is 9.95. The average Bonchev–Trinajstić information content (AvgIpc) is 2.48. The van der Waals surface area contributed by atoms with Crippen molar-refractivity contribution in [1.82, 2.24) is 0 Å². The summed E-state index contributed by atoms with van der Waals surface area (Å²) in [5.74, 6) is -0.364. The maximum absolute atomic E-state index is 12.0. The summed E-state index contributed by atoms with van der Waals surface area (Å²) < 4.78 is 10.1. The van der Waals surface area contributed by atoms with E-state index in [0.717, 1.165) is 6.42 Å². The van der Waals surface area contributed by atoms with Gasteiger partial charge in [-0.2, -0.15) is 0 Å². The Kier molecular flexibility index (Phi) is 4.34. The van der Waals surface area contributed by atoms with Crippen molar-refractivity contribution in [2.24, 2.45) is 5.92 Å². The highest BCUT2D eigenvalue weighted by Gasteiger charge is 2.25. The second kappa shape index (κ2) is 6.18. The smallest absolute Gasteiger partial charge is 0.315 e. The van der Waals surface area contributed by atoms with E-state index in [2.05, 4.69) is 0 Å². The Labute approximate surface area is 116 Å². The van der Waals surface area contributed by atoms with Crippen molar-refractivity contribution < 1.29 is 19.2 Å². The first-order valence-electron chi connectivity index (χ1n) is 6.31. The minimum atomic E-state index is -0.591. The van der Waals surface area contributed by atoms with Gasteiger partial charge in [0.25, 0.3) is 0 Å². The number of benzene rings is 1. The summed E-state index contributed by atoms with van der Waals surface area (Å²) in [4.78, 5) is 22.4. The molecule has 0 saturated carbocycles. The van der Waals surface area contributed by atoms with Gasteiger partial charge in [0.15, 0.2) is 0 Å². The Bertz CT molecular complexity index is 552. The normalized spacial score (nSPS) is 17.6. The summed E-state index contributed by atoms with van der Waals surface area (Å²) in [6.07, 6.45) is 6.09. The van der Waals surface area contributed by atoms with Crippen LogP contribution in [0.2, 0.25) is 0 Å². The SMILES string of the molecule is COc1ccc(OC(=O)C2CC=CCC2)c([N+](=O)[O-])c1. The summed E-state index contributed by atoms with van der Waals surface area (Å²) >= 11 is 0. The highest BCUT2D eigenvalue weighted by Crippen LogP contribution is 2.32. The molecular formula is C14H15NO5. The molecule has 0 N–H and O–H groups in total. The molecule has 1 aromatic carbocycles. The Hall–Kier alpha value is -2.37. The number of hydrogen-bond donors (Lipinski definition) is 0. The molecule has 6 nitrogen and oxygen atoms in total. The molecule has 1 aliphatic carbocycles. The molecule has 0 amide bonds. The molecule has 1 atom stereocenters. The summed E-state index contributed by atoms with van der Waals surface area (Å²) in [6, 6.07) is 4.15. The van der Waals surface area contributed by atoms with Gasteiger partial charge < -0.3 is 9.47 Å². The second-order valence-electron chi connectivity index (χ2n) is 4.49. The molecular weight excluding hydrogens is 262 g/mol. The van der Waals surface area contributed by atoms with Crippen LogP contribution in [0.5, 0.6) is 11.5 Å². The van der Waals surface area contributed by atoms with Gasteiger partial charge >= 0.3 is 11.7 Å². The molecule has 0 heterocycles. The van der Waals surface area contributed by atoms with Crippen molar-refractivity contribution >= 4 is 11.7 Å². The minimum absolute atomic E-state index is 0.0460. The number of carbonyl (C=O) groups excluding carboxylic acids is 1. The number of nitrogens with zero attached hydrogens (tertiary/aromatic N) is 1. The van der Waals surface area contributed by atoms with Crippen molar-refractivity contribution in [2.45, 2.75) is 19.3 Å². The van der Waals surface area contributed by atoms with Crippen LogP contribution in [-0.4, -0.2) is 18.0 Å². The number of hydrogen-bond acceptors (Lipinski definition) is 5. The minimum Gasteiger partial charge on any atom is -0.496 e. The maximum atomic E-state index is 12.0. The third kappa shape index (κ3) is 3.14. The number of ether oxygens (including phenoxy) is 2. The lowest BCUT2D eigenvalue weighted by Gasteiger charge is -2.16. The molecule has 0 radical (unpaired) electrons. The van der Waals surface area contributed by atoms with Gasteiger partial charge in [0.05, 0.1) is 24.0 Å². The van der Waals surface area contributed by atoms with Crippen LogP contribution < -0.4 is 9.47 Å². The number of rotatable bonds is 4. The zero-order valence-corrected chi connectivity index (χ0v) is 11.1. The standard InChI is InChI=1S/C14H15NO5/c1-19-11-7-8-13(12(9-11)15(17)18)20-14(16)10-5-3-2-4-6-10/h2-3,7-10H,4-6H2,1H3. The van der Waals surface area contributed by atoms with Crippen LogP contribution in [0.4, 0.5) is 5.69 Å². The largest absolute Gasteiger partial charge is 0.496 e. The predicted molar refractivity (Wildman–Crippen MR) is 71.8 cm³/mol. The fourth-order valence-corrected chi connectivity index (χ4v) is 2.05. The predicted octanol–water partition coefficient (Wildman–Crippen LogP) is 2.87. The molecule has 0 saturated heterocycles. The Morgan fingerprint density at radius 1 is 1.40 bits per heavy atom. The third-order valence-corrected chi connectivity index (χ3v) is 3.18. The highest BCUT2D eigenvalue weighted by molar-refractivity contribution is 5.77. The summed E-state index contributed by atoms with van der Waals surface area (Å²) in [5, 5.41) is 11.0. The number of nitro groups is 1. The van der Waals surface area contributed by atoms with E-state index in [1.807, 2.05) is 12.2 Å². The van der Waals surface area contributed by atoms with Gasteiger partial charge in [-0.15, -0.1) is 0 Å². The van der Waals surface area contributed by atoms with Gasteiger partial charge in [-0.05, 0) is 31.4 Å². The quantitative estimate of drug-likeness (QED) is 0.278. The number of methoxy groups -OCH3 is 1. The van der Waals surface area contributed by atoms with Crippen molar-refractivity contribution in [1.29, 1.82) is 0 Å². The van der Waals surface area contributed by atoms with E-state index < -0.39 is 10.9 Å². The van der Waals surface area contributed by atoms with Crippen LogP contribution in [0.15, 0.2) is 30.4 Å². The summed E-state index contributed by atoms with van der Waals surface area (Å²) in [7, 11) is 1.42. The van der Waals surface area contributed by atoms with Crippen LogP contribution in [0.1, 0.15) is 19.3 Å². The van der Waals surface area contributed by atoms with E-state index >= 15 is 0 Å². The molecule has 2 rings (SSSR count). The van der Waals surface area contributed by atoms with Crippen LogP contribution in [0.25, 0.3) is 0 Å². The van der Waals surface area contributed by atoms with Gasteiger partial charge in [0, 0.05) is 0 Å². The topological polar surface area (TPSA) is 78.7 Å². The second-order valence-corrected chi connectivity index (χ2v) is 4.49. The summed E-state index contributed by atoms with van der Waals surface area (Å²) in [5.41, 5.74) is -0.274. The zero-order chi connectivity index (χ0) is 14.5. The van der Waals surface area contributed by atoms with Crippen molar-refractivity contribution in [3.05, 3.63) is 40.5 Å². The monoisotopic (exact) mass is 277 g/mol. The first-order chi connectivity index (χ1) is 9.61. The molecule has 1 aliphatic rings. The Morgan fingerprint density at radius 2 is 2.20 bits per heavy atom. The molecule has 106 valence electrons. The average molecular weight is 277 g/mol. The van der Waals surface area contributed by atoms with E-state index in [1.54, 1.807) is 0 Å². The first kappa shape index (κ1) is 14.0. The number of nitro benzene ring substituents is 1. The highest BCUT2D eigenvalue weighted by atomic mass is 16.6. The van der Waals surface area contributed by atoms with Crippen molar-refractivity contribution in [3.8, 4) is 11.5 Å². The number of carbonyl (C=O) groups is 1. The van der Waals surface area contributed by atoms with Gasteiger partial charge in [-0.3, -0.25) is 14.9 Å². The fraction of sp³-hybridized carbons (Fsp3) is 0.357. The van der Waals surface area contributed by atoms with Crippen LogP contribution >= 0.6 is 0 Å².